The summed E-state index contributed by atoms with van der Waals surface area (Å²) in [5.41, 5.74) is 3.42. The van der Waals surface area contributed by atoms with Crippen LogP contribution in [0.2, 0.25) is 0 Å². The van der Waals surface area contributed by atoms with E-state index in [0.29, 0.717) is 13.0 Å². The Bertz CT molecular complexity index is 560. The van der Waals surface area contributed by atoms with Crippen molar-refractivity contribution in [3.63, 3.8) is 0 Å². The fourth-order valence-corrected chi connectivity index (χ4v) is 2.62. The highest BCUT2D eigenvalue weighted by atomic mass is 32.1. The van der Waals surface area contributed by atoms with Gasteiger partial charge in [0.25, 0.3) is 0 Å². The molecule has 0 aliphatic heterocycles. The monoisotopic (exact) mass is 288 g/mol. The highest BCUT2D eigenvalue weighted by molar-refractivity contribution is 7.09. The van der Waals surface area contributed by atoms with E-state index in [9.17, 15) is 4.79 Å². The average Bonchev–Trinajstić information content (AvgIpc) is 2.86. The van der Waals surface area contributed by atoms with Crippen LogP contribution in [0.15, 0.2) is 29.6 Å². The number of nitrogens with zero attached hydrogens (tertiary/aromatic N) is 1. The molecule has 20 heavy (non-hydrogen) atoms. The maximum atomic E-state index is 11.4. The van der Waals surface area contributed by atoms with Crippen LogP contribution in [0, 0.1) is 6.92 Å². The lowest BCUT2D eigenvalue weighted by molar-refractivity contribution is -0.121. The Hall–Kier alpha value is -1.68. The molecule has 0 aliphatic rings. The maximum Gasteiger partial charge on any atom is 0.219 e. The fraction of sp³-hybridized carbons (Fsp3) is 0.375. The molecule has 3 nitrogen and oxygen atoms in total. The van der Waals surface area contributed by atoms with Crippen molar-refractivity contribution in [2.24, 2.45) is 0 Å². The van der Waals surface area contributed by atoms with Crippen LogP contribution >= 0.6 is 11.3 Å². The summed E-state index contributed by atoms with van der Waals surface area (Å²) in [6.07, 6.45) is 2.38. The summed E-state index contributed by atoms with van der Waals surface area (Å²) >= 11 is 1.67. The number of aromatic nitrogens is 1. The van der Waals surface area contributed by atoms with Crippen LogP contribution in [-0.4, -0.2) is 17.4 Å². The minimum atomic E-state index is 0.141. The Morgan fingerprint density at radius 1 is 1.30 bits per heavy atom. The van der Waals surface area contributed by atoms with Crippen LogP contribution in [0.1, 0.15) is 30.3 Å². The molecular weight excluding hydrogens is 268 g/mol. The zero-order chi connectivity index (χ0) is 14.4. The Morgan fingerprint density at radius 3 is 2.65 bits per heavy atom. The third kappa shape index (κ3) is 4.17. The van der Waals surface area contributed by atoms with E-state index in [4.69, 9.17) is 0 Å². The van der Waals surface area contributed by atoms with Crippen molar-refractivity contribution in [3.05, 3.63) is 40.2 Å². The number of benzene rings is 1. The minimum absolute atomic E-state index is 0.141. The van der Waals surface area contributed by atoms with Crippen molar-refractivity contribution in [2.75, 3.05) is 6.54 Å². The molecule has 1 aromatic heterocycles. The smallest absolute Gasteiger partial charge is 0.219 e. The number of nitrogens with one attached hydrogen (secondary N) is 1. The molecule has 0 unspecified atom stereocenters. The molecule has 2 aromatic rings. The molecule has 0 bridgehead atoms. The largest absolute Gasteiger partial charge is 0.356 e. The molecule has 0 saturated carbocycles. The second-order valence-corrected chi connectivity index (χ2v) is 5.86. The quantitative estimate of drug-likeness (QED) is 0.883. The summed E-state index contributed by atoms with van der Waals surface area (Å²) in [5.74, 6) is 0.141. The molecule has 1 amide bonds. The molecule has 106 valence electrons. The Balaban J connectivity index is 1.87. The highest BCUT2D eigenvalue weighted by Gasteiger charge is 2.03. The molecule has 1 heterocycles. The average molecular weight is 288 g/mol. The van der Waals surface area contributed by atoms with Crippen LogP contribution in [0.4, 0.5) is 0 Å². The van der Waals surface area contributed by atoms with Gasteiger partial charge in [0.1, 0.15) is 0 Å². The van der Waals surface area contributed by atoms with Gasteiger partial charge in [-0.2, -0.15) is 0 Å². The van der Waals surface area contributed by atoms with Gasteiger partial charge in [0.2, 0.25) is 5.91 Å². The number of thiazole rings is 1. The van der Waals surface area contributed by atoms with Gasteiger partial charge >= 0.3 is 0 Å². The summed E-state index contributed by atoms with van der Waals surface area (Å²) in [6, 6.07) is 8.40. The number of hydrogen-bond donors (Lipinski definition) is 1. The molecule has 0 saturated heterocycles. The predicted molar refractivity (Wildman–Crippen MR) is 83.9 cm³/mol. The molecule has 0 atom stereocenters. The molecule has 1 N–H and O–H groups in total. The first-order valence-electron chi connectivity index (χ1n) is 6.97. The molecule has 0 spiro atoms. The van der Waals surface area contributed by atoms with E-state index in [1.165, 1.54) is 5.56 Å². The van der Waals surface area contributed by atoms with Crippen molar-refractivity contribution >= 4 is 17.2 Å². The van der Waals surface area contributed by atoms with Crippen LogP contribution < -0.4 is 5.32 Å². The minimum Gasteiger partial charge on any atom is -0.356 e. The van der Waals surface area contributed by atoms with E-state index in [1.807, 2.05) is 13.8 Å². The summed E-state index contributed by atoms with van der Waals surface area (Å²) in [4.78, 5) is 15.8. The van der Waals surface area contributed by atoms with Gasteiger partial charge in [-0.3, -0.25) is 4.79 Å². The Kier molecular flexibility index (Phi) is 5.30. The van der Waals surface area contributed by atoms with Gasteiger partial charge in [0.05, 0.1) is 10.7 Å². The first-order chi connectivity index (χ1) is 9.69. The molecule has 2 rings (SSSR count). The van der Waals surface area contributed by atoms with Crippen molar-refractivity contribution in [1.29, 1.82) is 0 Å². The van der Waals surface area contributed by atoms with Gasteiger partial charge in [0.15, 0.2) is 0 Å². The number of rotatable bonds is 6. The van der Waals surface area contributed by atoms with Crippen LogP contribution in [-0.2, 0) is 11.2 Å². The third-order valence-corrected chi connectivity index (χ3v) is 3.86. The van der Waals surface area contributed by atoms with Crippen molar-refractivity contribution < 1.29 is 4.79 Å². The summed E-state index contributed by atoms with van der Waals surface area (Å²) < 4.78 is 0. The lowest BCUT2D eigenvalue weighted by Crippen LogP contribution is -2.25. The summed E-state index contributed by atoms with van der Waals surface area (Å²) in [7, 11) is 0. The van der Waals surface area contributed by atoms with Crippen LogP contribution in [0.25, 0.3) is 11.3 Å². The van der Waals surface area contributed by atoms with Gasteiger partial charge in [-0.15, -0.1) is 11.3 Å². The number of hydrogen-bond acceptors (Lipinski definition) is 3. The van der Waals surface area contributed by atoms with E-state index in [-0.39, 0.29) is 5.91 Å². The first-order valence-corrected chi connectivity index (χ1v) is 7.85. The van der Waals surface area contributed by atoms with E-state index in [1.54, 1.807) is 11.3 Å². The third-order valence-electron chi connectivity index (χ3n) is 3.08. The van der Waals surface area contributed by atoms with E-state index in [0.717, 1.165) is 29.1 Å². The second kappa shape index (κ2) is 7.20. The topological polar surface area (TPSA) is 42.0 Å². The molecule has 4 heteroatoms. The van der Waals surface area contributed by atoms with Crippen molar-refractivity contribution in [2.45, 2.75) is 33.1 Å². The predicted octanol–water partition coefficient (Wildman–Crippen LogP) is 3.58. The van der Waals surface area contributed by atoms with E-state index >= 15 is 0 Å². The zero-order valence-corrected chi connectivity index (χ0v) is 12.8. The van der Waals surface area contributed by atoms with Crippen molar-refractivity contribution in [1.82, 2.24) is 10.3 Å². The lowest BCUT2D eigenvalue weighted by atomic mass is 10.1. The van der Waals surface area contributed by atoms with Gasteiger partial charge in [-0.05, 0) is 25.3 Å². The van der Waals surface area contributed by atoms with E-state index < -0.39 is 0 Å². The highest BCUT2D eigenvalue weighted by Crippen LogP contribution is 2.21. The Labute approximate surface area is 124 Å². The number of carbonyl (C=O) groups excluding carboxylic acids is 1. The van der Waals surface area contributed by atoms with Gasteiger partial charge in [0, 0.05) is 23.9 Å². The Morgan fingerprint density at radius 2 is 2.05 bits per heavy atom. The molecule has 0 fully saturated rings. The first kappa shape index (κ1) is 14.7. The number of aryl methyl sites for hydroxylation is 1. The fourth-order valence-electron chi connectivity index (χ4n) is 2.00. The lowest BCUT2D eigenvalue weighted by Gasteiger charge is -2.05. The SMILES string of the molecule is CCCC(=O)NCCc1ccc(-c2csc(C)n2)cc1. The van der Waals surface area contributed by atoms with Gasteiger partial charge in [-0.1, -0.05) is 31.2 Å². The molecule has 1 aromatic carbocycles. The standard InChI is InChI=1S/C16H20N2OS/c1-3-4-16(19)17-10-9-13-5-7-14(8-6-13)15-11-20-12(2)18-15/h5-8,11H,3-4,9-10H2,1-2H3,(H,17,19). The van der Waals surface area contributed by atoms with E-state index in [2.05, 4.69) is 39.9 Å². The number of amides is 1. The second-order valence-electron chi connectivity index (χ2n) is 4.80. The van der Waals surface area contributed by atoms with Gasteiger partial charge in [-0.25, -0.2) is 4.98 Å². The molecular formula is C16H20N2OS. The normalized spacial score (nSPS) is 10.5. The maximum absolute atomic E-state index is 11.4. The molecule has 0 aliphatic carbocycles. The molecule has 0 radical (unpaired) electrons. The number of carbonyl (C=O) groups is 1. The van der Waals surface area contributed by atoms with Crippen molar-refractivity contribution in [3.8, 4) is 11.3 Å². The zero-order valence-electron chi connectivity index (χ0n) is 12.0. The van der Waals surface area contributed by atoms with Crippen LogP contribution in [0.5, 0.6) is 0 Å². The van der Waals surface area contributed by atoms with Crippen LogP contribution in [0.3, 0.4) is 0 Å². The summed E-state index contributed by atoms with van der Waals surface area (Å²) in [5, 5.41) is 6.10. The van der Waals surface area contributed by atoms with Gasteiger partial charge < -0.3 is 5.32 Å². The summed E-state index contributed by atoms with van der Waals surface area (Å²) in [6.45, 7) is 4.73.